The highest BCUT2D eigenvalue weighted by atomic mass is 19.1. The van der Waals surface area contributed by atoms with Crippen LogP contribution in [0.25, 0.3) is 33.3 Å². The lowest BCUT2D eigenvalue weighted by molar-refractivity contribution is 0.0729. The summed E-state index contributed by atoms with van der Waals surface area (Å²) in [5.41, 5.74) is 1.10. The molecule has 0 saturated carbocycles. The fourth-order valence-corrected chi connectivity index (χ4v) is 3.72. The number of esters is 1. The number of carbonyl (C=O) groups excluding carboxylic acids is 1. The number of halogens is 1. The monoisotopic (exact) mass is 444 g/mol. The van der Waals surface area contributed by atoms with E-state index in [0.29, 0.717) is 39.2 Å². The summed E-state index contributed by atoms with van der Waals surface area (Å²) in [5.74, 6) is -0.324. The van der Waals surface area contributed by atoms with Crippen LogP contribution in [-0.2, 0) is 0 Å². The molecule has 33 heavy (non-hydrogen) atoms. The molecule has 0 bridgehead atoms. The van der Waals surface area contributed by atoms with Crippen LogP contribution in [0.3, 0.4) is 0 Å². The number of hydrogen-bond donors (Lipinski definition) is 0. The van der Waals surface area contributed by atoms with Crippen molar-refractivity contribution in [3.05, 3.63) is 94.1 Å². The lowest BCUT2D eigenvalue weighted by Crippen LogP contribution is -2.11. The first-order valence-electron chi connectivity index (χ1n) is 10.1. The van der Waals surface area contributed by atoms with E-state index in [1.165, 1.54) is 24.3 Å². The largest absolute Gasteiger partial charge is 0.493 e. The molecule has 0 N–H and O–H groups in total. The molecule has 0 fully saturated rings. The van der Waals surface area contributed by atoms with Gasteiger partial charge in [0.1, 0.15) is 22.9 Å². The molecule has 0 atom stereocenters. The van der Waals surface area contributed by atoms with Gasteiger partial charge < -0.3 is 18.3 Å². The first-order chi connectivity index (χ1) is 15.9. The Morgan fingerprint density at radius 2 is 1.76 bits per heavy atom. The molecule has 2 heterocycles. The molecular weight excluding hydrogens is 427 g/mol. The minimum absolute atomic E-state index is 0.179. The van der Waals surface area contributed by atoms with Gasteiger partial charge in [0.15, 0.2) is 11.3 Å². The van der Waals surface area contributed by atoms with Gasteiger partial charge in [0, 0.05) is 22.4 Å². The SMILES string of the molecule is COc1cccc2cc(-c3cc(=O)oc4cc(C)c(OC(=O)c5ccccc5F)cc34)oc12. The number of fused-ring (bicyclic) bond motifs is 2. The number of hydrogen-bond acceptors (Lipinski definition) is 6. The molecule has 5 rings (SSSR count). The van der Waals surface area contributed by atoms with Gasteiger partial charge in [-0.1, -0.05) is 24.3 Å². The zero-order chi connectivity index (χ0) is 23.1. The van der Waals surface area contributed by atoms with E-state index in [9.17, 15) is 14.0 Å². The van der Waals surface area contributed by atoms with Crippen molar-refractivity contribution < 1.29 is 27.5 Å². The zero-order valence-electron chi connectivity index (χ0n) is 17.7. The standard InChI is InChI=1S/C26H17FO6/c1-14-10-22-17(12-21(14)33-26(29)16-7-3-4-8-19(16)27)18(13-24(28)31-22)23-11-15-6-5-9-20(30-2)25(15)32-23/h3-13H,1-2H3. The summed E-state index contributed by atoms with van der Waals surface area (Å²) in [4.78, 5) is 24.8. The summed E-state index contributed by atoms with van der Waals surface area (Å²) in [7, 11) is 1.54. The van der Waals surface area contributed by atoms with Crippen LogP contribution in [0.2, 0.25) is 0 Å². The average Bonchev–Trinajstić information content (AvgIpc) is 3.24. The van der Waals surface area contributed by atoms with Gasteiger partial charge >= 0.3 is 11.6 Å². The fourth-order valence-electron chi connectivity index (χ4n) is 3.72. The molecule has 0 saturated heterocycles. The van der Waals surface area contributed by atoms with Crippen molar-refractivity contribution in [3.63, 3.8) is 0 Å². The van der Waals surface area contributed by atoms with E-state index >= 15 is 0 Å². The van der Waals surface area contributed by atoms with Crippen LogP contribution in [0.1, 0.15) is 15.9 Å². The molecule has 0 radical (unpaired) electrons. The molecule has 0 aliphatic rings. The number of carbonyl (C=O) groups is 1. The Morgan fingerprint density at radius 3 is 2.55 bits per heavy atom. The van der Waals surface area contributed by atoms with E-state index in [2.05, 4.69) is 0 Å². The summed E-state index contributed by atoms with van der Waals surface area (Å²) in [5, 5.41) is 1.29. The highest BCUT2D eigenvalue weighted by Gasteiger charge is 2.19. The van der Waals surface area contributed by atoms with Gasteiger partial charge in [0.05, 0.1) is 12.7 Å². The minimum Gasteiger partial charge on any atom is -0.493 e. The van der Waals surface area contributed by atoms with Gasteiger partial charge in [-0.2, -0.15) is 0 Å². The van der Waals surface area contributed by atoms with E-state index in [1.54, 1.807) is 44.4 Å². The predicted octanol–water partition coefficient (Wildman–Crippen LogP) is 5.88. The van der Waals surface area contributed by atoms with Gasteiger partial charge in [0.2, 0.25) is 0 Å². The average molecular weight is 444 g/mol. The molecule has 0 aliphatic heterocycles. The summed E-state index contributed by atoms with van der Waals surface area (Å²) < 4.78 is 36.2. The number of aryl methyl sites for hydroxylation is 1. The Kier molecular flexibility index (Phi) is 4.94. The molecule has 5 aromatic rings. The molecule has 164 valence electrons. The lowest BCUT2D eigenvalue weighted by Gasteiger charge is -2.10. The predicted molar refractivity (Wildman–Crippen MR) is 120 cm³/mol. The van der Waals surface area contributed by atoms with Crippen LogP contribution in [-0.4, -0.2) is 13.1 Å². The first-order valence-corrected chi connectivity index (χ1v) is 10.1. The molecule has 6 nitrogen and oxygen atoms in total. The van der Waals surface area contributed by atoms with Gasteiger partial charge in [-0.3, -0.25) is 0 Å². The quantitative estimate of drug-likeness (QED) is 0.196. The summed E-state index contributed by atoms with van der Waals surface area (Å²) >= 11 is 0. The first kappa shape index (κ1) is 20.5. The van der Waals surface area contributed by atoms with Crippen LogP contribution in [0.4, 0.5) is 4.39 Å². The van der Waals surface area contributed by atoms with Crippen molar-refractivity contribution in [3.8, 4) is 22.8 Å². The number of furan rings is 1. The van der Waals surface area contributed by atoms with Crippen molar-refractivity contribution in [2.24, 2.45) is 0 Å². The molecule has 0 aliphatic carbocycles. The minimum atomic E-state index is -0.831. The van der Waals surface area contributed by atoms with Gasteiger partial charge in [-0.15, -0.1) is 0 Å². The molecular formula is C26H17FO6. The fraction of sp³-hybridized carbons (Fsp3) is 0.0769. The Hall–Kier alpha value is -4.39. The molecule has 0 amide bonds. The van der Waals surface area contributed by atoms with Crippen LogP contribution in [0.5, 0.6) is 11.5 Å². The highest BCUT2D eigenvalue weighted by molar-refractivity contribution is 5.98. The zero-order valence-corrected chi connectivity index (χ0v) is 17.7. The normalized spacial score (nSPS) is 11.1. The maximum atomic E-state index is 14.0. The Balaban J connectivity index is 1.65. The molecule has 0 spiro atoms. The number of benzene rings is 3. The van der Waals surface area contributed by atoms with Crippen LogP contribution in [0.15, 0.2) is 80.4 Å². The second kappa shape index (κ2) is 7.94. The second-order valence-corrected chi connectivity index (χ2v) is 7.45. The second-order valence-electron chi connectivity index (χ2n) is 7.45. The summed E-state index contributed by atoms with van der Waals surface area (Å²) in [6.45, 7) is 1.70. The van der Waals surface area contributed by atoms with E-state index in [0.717, 1.165) is 5.39 Å². The number of para-hydroxylation sites is 1. The van der Waals surface area contributed by atoms with Crippen molar-refractivity contribution in [2.45, 2.75) is 6.92 Å². The number of rotatable bonds is 4. The van der Waals surface area contributed by atoms with Gasteiger partial charge in [0.25, 0.3) is 0 Å². The lowest BCUT2D eigenvalue weighted by atomic mass is 10.0. The van der Waals surface area contributed by atoms with Crippen LogP contribution in [0, 0.1) is 12.7 Å². The van der Waals surface area contributed by atoms with Gasteiger partial charge in [-0.05, 0) is 48.9 Å². The summed E-state index contributed by atoms with van der Waals surface area (Å²) in [6, 6.07) is 17.3. The van der Waals surface area contributed by atoms with Crippen LogP contribution < -0.4 is 15.1 Å². The van der Waals surface area contributed by atoms with Crippen molar-refractivity contribution in [2.75, 3.05) is 7.11 Å². The van der Waals surface area contributed by atoms with Crippen LogP contribution >= 0.6 is 0 Å². The Morgan fingerprint density at radius 1 is 0.939 bits per heavy atom. The number of ether oxygens (including phenoxy) is 2. The topological polar surface area (TPSA) is 78.9 Å². The molecule has 2 aromatic heterocycles. The molecule has 0 unspecified atom stereocenters. The molecule has 3 aromatic carbocycles. The van der Waals surface area contributed by atoms with Crippen molar-refractivity contribution >= 4 is 27.9 Å². The maximum Gasteiger partial charge on any atom is 0.346 e. The van der Waals surface area contributed by atoms with E-state index in [4.69, 9.17) is 18.3 Å². The van der Waals surface area contributed by atoms with Gasteiger partial charge in [-0.25, -0.2) is 14.0 Å². The molecule has 7 heteroatoms. The third-order valence-electron chi connectivity index (χ3n) is 5.33. The van der Waals surface area contributed by atoms with Crippen molar-refractivity contribution in [1.82, 2.24) is 0 Å². The van der Waals surface area contributed by atoms with E-state index < -0.39 is 17.4 Å². The highest BCUT2D eigenvalue weighted by Crippen LogP contribution is 2.37. The third kappa shape index (κ3) is 3.63. The van der Waals surface area contributed by atoms with E-state index in [-0.39, 0.29) is 11.3 Å². The number of methoxy groups -OCH3 is 1. The summed E-state index contributed by atoms with van der Waals surface area (Å²) in [6.07, 6.45) is 0. The third-order valence-corrected chi connectivity index (χ3v) is 5.33. The van der Waals surface area contributed by atoms with E-state index in [1.807, 2.05) is 12.1 Å². The Bertz CT molecular complexity index is 1590. The Labute approximate surface area is 186 Å². The van der Waals surface area contributed by atoms with Crippen molar-refractivity contribution in [1.29, 1.82) is 0 Å². The smallest absolute Gasteiger partial charge is 0.346 e. The maximum absolute atomic E-state index is 14.0.